The molecule has 0 aromatic heterocycles. The number of Topliss-reactive ketones (excluding diaryl/α,β-unsaturated/α-hetero) is 1. The Kier molecular flexibility index (Phi) is 4.63. The van der Waals surface area contributed by atoms with Crippen LogP contribution in [0.3, 0.4) is 0 Å². The molecule has 0 saturated heterocycles. The molecule has 134 valence electrons. The van der Waals surface area contributed by atoms with Crippen LogP contribution < -0.4 is 9.47 Å². The molecule has 1 aliphatic rings. The molecular weight excluding hydrogens is 352 g/mol. The van der Waals surface area contributed by atoms with Gasteiger partial charge in [-0.2, -0.15) is 0 Å². The van der Waals surface area contributed by atoms with E-state index >= 15 is 0 Å². The molecular formula is C21H19ClO4. The van der Waals surface area contributed by atoms with Gasteiger partial charge in [0.2, 0.25) is 5.78 Å². The normalized spacial score (nSPS) is 15.0. The van der Waals surface area contributed by atoms with Crippen LogP contribution in [0.1, 0.15) is 42.3 Å². The number of allylic oxidation sites excluding steroid dienone is 1. The molecule has 0 unspecified atom stereocenters. The molecule has 0 spiro atoms. The molecule has 0 aliphatic carbocycles. The monoisotopic (exact) mass is 370 g/mol. The van der Waals surface area contributed by atoms with Gasteiger partial charge in [0.25, 0.3) is 0 Å². The van der Waals surface area contributed by atoms with E-state index in [-0.39, 0.29) is 17.5 Å². The SMILES string of the molecule is Cc1c(OC(=O)C(C)(C)C)ccc2c1O/C(=C\c1cccc(Cl)c1)C2=O. The van der Waals surface area contributed by atoms with Gasteiger partial charge in [-0.05, 0) is 63.6 Å². The summed E-state index contributed by atoms with van der Waals surface area (Å²) in [5.41, 5.74) is 1.21. The van der Waals surface area contributed by atoms with Crippen molar-refractivity contribution >= 4 is 29.4 Å². The first-order valence-electron chi connectivity index (χ1n) is 8.22. The molecule has 0 bridgehead atoms. The number of hydrogen-bond donors (Lipinski definition) is 0. The summed E-state index contributed by atoms with van der Waals surface area (Å²) in [6.07, 6.45) is 1.65. The van der Waals surface area contributed by atoms with Gasteiger partial charge < -0.3 is 9.47 Å². The van der Waals surface area contributed by atoms with E-state index in [1.165, 1.54) is 0 Å². The van der Waals surface area contributed by atoms with Gasteiger partial charge in [-0.25, -0.2) is 0 Å². The average molecular weight is 371 g/mol. The van der Waals surface area contributed by atoms with Gasteiger partial charge >= 0.3 is 5.97 Å². The second kappa shape index (κ2) is 6.61. The molecule has 0 fully saturated rings. The van der Waals surface area contributed by atoms with Crippen molar-refractivity contribution in [3.05, 3.63) is 63.9 Å². The lowest BCUT2D eigenvalue weighted by Crippen LogP contribution is -2.25. The molecule has 2 aromatic rings. The number of ketones is 1. The number of ether oxygens (including phenoxy) is 2. The number of halogens is 1. The molecule has 0 radical (unpaired) electrons. The quantitative estimate of drug-likeness (QED) is 0.413. The molecule has 26 heavy (non-hydrogen) atoms. The van der Waals surface area contributed by atoms with Gasteiger partial charge in [0.1, 0.15) is 11.5 Å². The van der Waals surface area contributed by atoms with E-state index in [0.29, 0.717) is 27.6 Å². The van der Waals surface area contributed by atoms with Crippen LogP contribution in [0, 0.1) is 12.3 Å². The van der Waals surface area contributed by atoms with E-state index in [4.69, 9.17) is 21.1 Å². The summed E-state index contributed by atoms with van der Waals surface area (Å²) in [5.74, 6) is 0.462. The number of carbonyl (C=O) groups excluding carboxylic acids is 2. The Hall–Kier alpha value is -2.59. The first kappa shape index (κ1) is 18.2. The molecule has 5 heteroatoms. The molecule has 4 nitrogen and oxygen atoms in total. The van der Waals surface area contributed by atoms with Crippen LogP contribution in [0.2, 0.25) is 5.02 Å². The number of benzene rings is 2. The summed E-state index contributed by atoms with van der Waals surface area (Å²) in [6.45, 7) is 7.11. The molecule has 0 N–H and O–H groups in total. The Morgan fingerprint density at radius 2 is 1.92 bits per heavy atom. The zero-order valence-electron chi connectivity index (χ0n) is 15.1. The molecule has 0 atom stereocenters. The largest absolute Gasteiger partial charge is 0.452 e. The highest BCUT2D eigenvalue weighted by molar-refractivity contribution is 6.30. The van der Waals surface area contributed by atoms with E-state index in [0.717, 1.165) is 5.56 Å². The Bertz CT molecular complexity index is 936. The Labute approximate surface area is 157 Å². The van der Waals surface area contributed by atoms with Crippen molar-refractivity contribution in [2.75, 3.05) is 0 Å². The Morgan fingerprint density at radius 1 is 1.19 bits per heavy atom. The number of fused-ring (bicyclic) bond motifs is 1. The maximum absolute atomic E-state index is 12.6. The van der Waals surface area contributed by atoms with Gasteiger partial charge in [0.15, 0.2) is 5.76 Å². The third-order valence-electron chi connectivity index (χ3n) is 4.00. The molecule has 1 heterocycles. The van der Waals surface area contributed by atoms with Crippen LogP contribution >= 0.6 is 11.6 Å². The lowest BCUT2D eigenvalue weighted by atomic mass is 9.97. The van der Waals surface area contributed by atoms with Crippen molar-refractivity contribution in [1.82, 2.24) is 0 Å². The fraction of sp³-hybridized carbons (Fsp3) is 0.238. The highest BCUT2D eigenvalue weighted by atomic mass is 35.5. The molecule has 0 saturated carbocycles. The van der Waals surface area contributed by atoms with Crippen molar-refractivity contribution in [2.24, 2.45) is 5.41 Å². The zero-order chi connectivity index (χ0) is 19.1. The number of carbonyl (C=O) groups is 2. The number of esters is 1. The van der Waals surface area contributed by atoms with E-state index in [9.17, 15) is 9.59 Å². The van der Waals surface area contributed by atoms with Crippen LogP contribution in [0.25, 0.3) is 6.08 Å². The van der Waals surface area contributed by atoms with Gasteiger partial charge in [0.05, 0.1) is 11.0 Å². The highest BCUT2D eigenvalue weighted by Crippen LogP contribution is 2.39. The van der Waals surface area contributed by atoms with Crippen LogP contribution in [0.5, 0.6) is 11.5 Å². The number of hydrogen-bond acceptors (Lipinski definition) is 4. The van der Waals surface area contributed by atoms with E-state index in [1.54, 1.807) is 64.1 Å². The standard InChI is InChI=1S/C21H19ClO4/c1-12-16(26-20(24)21(2,3)4)9-8-15-18(23)17(25-19(12)15)11-13-6-5-7-14(22)10-13/h5-11H,1-4H3/b17-11-. The lowest BCUT2D eigenvalue weighted by molar-refractivity contribution is -0.143. The van der Waals surface area contributed by atoms with Gasteiger partial charge in [0, 0.05) is 10.6 Å². The van der Waals surface area contributed by atoms with Crippen molar-refractivity contribution in [2.45, 2.75) is 27.7 Å². The summed E-state index contributed by atoms with van der Waals surface area (Å²) in [7, 11) is 0. The van der Waals surface area contributed by atoms with Crippen LogP contribution in [-0.2, 0) is 4.79 Å². The second-order valence-electron chi connectivity index (χ2n) is 7.20. The highest BCUT2D eigenvalue weighted by Gasteiger charge is 2.31. The zero-order valence-corrected chi connectivity index (χ0v) is 15.8. The molecule has 0 amide bonds. The summed E-state index contributed by atoms with van der Waals surface area (Å²) >= 11 is 5.98. The summed E-state index contributed by atoms with van der Waals surface area (Å²) in [5, 5.41) is 0.579. The minimum Gasteiger partial charge on any atom is -0.452 e. The van der Waals surface area contributed by atoms with Crippen LogP contribution in [0.15, 0.2) is 42.2 Å². The van der Waals surface area contributed by atoms with Crippen LogP contribution in [-0.4, -0.2) is 11.8 Å². The maximum Gasteiger partial charge on any atom is 0.316 e. The minimum absolute atomic E-state index is 0.211. The first-order chi connectivity index (χ1) is 12.2. The van der Waals surface area contributed by atoms with Crippen molar-refractivity contribution < 1.29 is 19.1 Å². The first-order valence-corrected chi connectivity index (χ1v) is 8.60. The van der Waals surface area contributed by atoms with Gasteiger partial charge in [-0.1, -0.05) is 23.7 Å². The molecule has 1 aliphatic heterocycles. The average Bonchev–Trinajstić information content (AvgIpc) is 2.86. The van der Waals surface area contributed by atoms with E-state index in [2.05, 4.69) is 0 Å². The summed E-state index contributed by atoms with van der Waals surface area (Å²) < 4.78 is 11.3. The maximum atomic E-state index is 12.6. The smallest absolute Gasteiger partial charge is 0.316 e. The van der Waals surface area contributed by atoms with E-state index < -0.39 is 5.41 Å². The van der Waals surface area contributed by atoms with Gasteiger partial charge in [-0.15, -0.1) is 0 Å². The fourth-order valence-electron chi connectivity index (χ4n) is 2.48. The Balaban J connectivity index is 1.93. The fourth-order valence-corrected chi connectivity index (χ4v) is 2.68. The predicted molar refractivity (Wildman–Crippen MR) is 101 cm³/mol. The third-order valence-corrected chi connectivity index (χ3v) is 4.23. The predicted octanol–water partition coefficient (Wildman–Crippen LogP) is 5.22. The minimum atomic E-state index is -0.625. The lowest BCUT2D eigenvalue weighted by Gasteiger charge is -2.17. The molecule has 2 aromatic carbocycles. The van der Waals surface area contributed by atoms with Crippen molar-refractivity contribution in [3.63, 3.8) is 0 Å². The topological polar surface area (TPSA) is 52.6 Å². The molecule has 3 rings (SSSR count). The van der Waals surface area contributed by atoms with Crippen LogP contribution in [0.4, 0.5) is 0 Å². The summed E-state index contributed by atoms with van der Waals surface area (Å²) in [6, 6.07) is 10.4. The third kappa shape index (κ3) is 3.51. The Morgan fingerprint density at radius 3 is 2.58 bits per heavy atom. The summed E-state index contributed by atoms with van der Waals surface area (Å²) in [4.78, 5) is 24.7. The number of rotatable bonds is 2. The van der Waals surface area contributed by atoms with Gasteiger partial charge in [-0.3, -0.25) is 9.59 Å². The van der Waals surface area contributed by atoms with Crippen molar-refractivity contribution in [3.8, 4) is 11.5 Å². The van der Waals surface area contributed by atoms with Crippen molar-refractivity contribution in [1.29, 1.82) is 0 Å². The second-order valence-corrected chi connectivity index (χ2v) is 7.64. The van der Waals surface area contributed by atoms with E-state index in [1.807, 2.05) is 6.07 Å².